The first-order chi connectivity index (χ1) is 11.6. The van der Waals surface area contributed by atoms with Crippen LogP contribution in [0.4, 0.5) is 10.1 Å². The van der Waals surface area contributed by atoms with E-state index < -0.39 is 5.82 Å². The van der Waals surface area contributed by atoms with Gasteiger partial charge in [0.25, 0.3) is 0 Å². The van der Waals surface area contributed by atoms with Gasteiger partial charge in [0.15, 0.2) is 5.16 Å². The second-order valence-corrected chi connectivity index (χ2v) is 6.14. The van der Waals surface area contributed by atoms with Crippen molar-refractivity contribution in [2.75, 3.05) is 11.1 Å². The van der Waals surface area contributed by atoms with Gasteiger partial charge in [-0.05, 0) is 30.3 Å². The third kappa shape index (κ3) is 4.15. The smallest absolute Gasteiger partial charge is 0.234 e. The molecule has 0 aliphatic rings. The Bertz CT molecular complexity index is 838. The minimum Gasteiger partial charge on any atom is -0.467 e. The maximum atomic E-state index is 13.1. The van der Waals surface area contributed by atoms with Gasteiger partial charge < -0.3 is 14.3 Å². The summed E-state index contributed by atoms with van der Waals surface area (Å²) in [5.74, 6) is 0.110. The molecule has 0 saturated heterocycles. The Hall–Kier alpha value is -2.32. The standard InChI is InChI=1S/C15H12ClFN4O2S/c16-12-6-10(3-4-13(12)17)19-14(22)8-24-15-20-18-9-21(15)7-11-2-1-5-23-11/h1-6,9H,7-8H2,(H,19,22). The SMILES string of the molecule is O=C(CSc1nncn1Cc1ccco1)Nc1ccc(F)c(Cl)c1. The van der Waals surface area contributed by atoms with Crippen molar-refractivity contribution in [1.82, 2.24) is 14.8 Å². The average molecular weight is 367 g/mol. The van der Waals surface area contributed by atoms with Crippen LogP contribution in [0.25, 0.3) is 0 Å². The second-order valence-electron chi connectivity index (χ2n) is 4.79. The van der Waals surface area contributed by atoms with Crippen LogP contribution < -0.4 is 5.32 Å². The van der Waals surface area contributed by atoms with E-state index in [0.29, 0.717) is 17.4 Å². The Morgan fingerprint density at radius 2 is 2.29 bits per heavy atom. The van der Waals surface area contributed by atoms with Crippen LogP contribution in [0.1, 0.15) is 5.76 Å². The molecule has 0 fully saturated rings. The first-order valence-corrected chi connectivity index (χ1v) is 8.26. The largest absolute Gasteiger partial charge is 0.467 e. The fourth-order valence-corrected chi connectivity index (χ4v) is 2.83. The van der Waals surface area contributed by atoms with Gasteiger partial charge in [-0.2, -0.15) is 0 Å². The number of aromatic nitrogens is 3. The van der Waals surface area contributed by atoms with Gasteiger partial charge in [0.2, 0.25) is 5.91 Å². The van der Waals surface area contributed by atoms with Crippen LogP contribution in [0.2, 0.25) is 5.02 Å². The van der Waals surface area contributed by atoms with Crippen LogP contribution >= 0.6 is 23.4 Å². The predicted molar refractivity (Wildman–Crippen MR) is 88.6 cm³/mol. The van der Waals surface area contributed by atoms with Gasteiger partial charge in [0.05, 0.1) is 23.6 Å². The highest BCUT2D eigenvalue weighted by atomic mass is 35.5. The molecule has 0 radical (unpaired) electrons. The van der Waals surface area contributed by atoms with E-state index >= 15 is 0 Å². The molecule has 2 heterocycles. The maximum Gasteiger partial charge on any atom is 0.234 e. The Labute approximate surface area is 146 Å². The van der Waals surface area contributed by atoms with E-state index in [0.717, 1.165) is 5.76 Å². The minimum absolute atomic E-state index is 0.0429. The molecule has 2 aromatic heterocycles. The Morgan fingerprint density at radius 3 is 3.04 bits per heavy atom. The number of carbonyl (C=O) groups excluding carboxylic acids is 1. The van der Waals surface area contributed by atoms with Gasteiger partial charge in [-0.15, -0.1) is 10.2 Å². The first-order valence-electron chi connectivity index (χ1n) is 6.90. The van der Waals surface area contributed by atoms with Gasteiger partial charge in [-0.3, -0.25) is 4.79 Å². The molecule has 124 valence electrons. The number of rotatable bonds is 6. The van der Waals surface area contributed by atoms with E-state index in [2.05, 4.69) is 15.5 Å². The summed E-state index contributed by atoms with van der Waals surface area (Å²) in [5, 5.41) is 11.0. The number of hydrogen-bond donors (Lipinski definition) is 1. The number of benzene rings is 1. The molecule has 0 spiro atoms. The van der Waals surface area contributed by atoms with E-state index in [4.69, 9.17) is 16.0 Å². The molecule has 6 nitrogen and oxygen atoms in total. The summed E-state index contributed by atoms with van der Waals surface area (Å²) < 4.78 is 20.2. The fraction of sp³-hybridized carbons (Fsp3) is 0.133. The summed E-state index contributed by atoms with van der Waals surface area (Å²) >= 11 is 6.92. The number of nitrogens with zero attached hydrogens (tertiary/aromatic N) is 3. The van der Waals surface area contributed by atoms with Crippen LogP contribution in [-0.2, 0) is 11.3 Å². The molecule has 0 aliphatic heterocycles. The van der Waals surface area contributed by atoms with E-state index in [1.807, 2.05) is 6.07 Å². The number of anilines is 1. The fourth-order valence-electron chi connectivity index (χ4n) is 1.94. The number of hydrogen-bond acceptors (Lipinski definition) is 5. The molecule has 0 unspecified atom stereocenters. The van der Waals surface area contributed by atoms with Gasteiger partial charge >= 0.3 is 0 Å². The van der Waals surface area contributed by atoms with E-state index in [1.54, 1.807) is 23.2 Å². The van der Waals surface area contributed by atoms with Crippen molar-refractivity contribution in [3.63, 3.8) is 0 Å². The maximum absolute atomic E-state index is 13.1. The molecular formula is C15H12ClFN4O2S. The second kappa shape index (κ2) is 7.50. The number of amides is 1. The topological polar surface area (TPSA) is 73.0 Å². The highest BCUT2D eigenvalue weighted by Gasteiger charge is 2.11. The van der Waals surface area contributed by atoms with Crippen LogP contribution in [0, 0.1) is 5.82 Å². The molecule has 1 N–H and O–H groups in total. The van der Waals surface area contributed by atoms with Gasteiger partial charge in [-0.1, -0.05) is 23.4 Å². The van der Waals surface area contributed by atoms with Crippen LogP contribution in [-0.4, -0.2) is 26.4 Å². The Kier molecular flexibility index (Phi) is 5.17. The highest BCUT2D eigenvalue weighted by molar-refractivity contribution is 7.99. The lowest BCUT2D eigenvalue weighted by Crippen LogP contribution is -2.14. The molecule has 24 heavy (non-hydrogen) atoms. The van der Waals surface area contributed by atoms with Crippen molar-refractivity contribution in [3.8, 4) is 0 Å². The van der Waals surface area contributed by atoms with Crippen molar-refractivity contribution < 1.29 is 13.6 Å². The van der Waals surface area contributed by atoms with Crippen molar-refractivity contribution >= 4 is 35.0 Å². The number of halogens is 2. The van der Waals surface area contributed by atoms with Gasteiger partial charge in [0.1, 0.15) is 17.9 Å². The molecular weight excluding hydrogens is 355 g/mol. The third-order valence-electron chi connectivity index (χ3n) is 3.02. The lowest BCUT2D eigenvalue weighted by molar-refractivity contribution is -0.113. The van der Waals surface area contributed by atoms with E-state index in [1.165, 1.54) is 30.0 Å². The average Bonchev–Trinajstić information content (AvgIpc) is 3.21. The molecule has 0 saturated carbocycles. The van der Waals surface area contributed by atoms with E-state index in [9.17, 15) is 9.18 Å². The number of furan rings is 1. The summed E-state index contributed by atoms with van der Waals surface area (Å²) in [5.41, 5.74) is 0.434. The van der Waals surface area contributed by atoms with Crippen molar-refractivity contribution in [3.05, 3.63) is 59.5 Å². The zero-order valence-corrected chi connectivity index (χ0v) is 13.9. The van der Waals surface area contributed by atoms with Crippen LogP contribution in [0.3, 0.4) is 0 Å². The molecule has 1 amide bonds. The summed E-state index contributed by atoms with van der Waals surface area (Å²) in [6, 6.07) is 7.65. The van der Waals surface area contributed by atoms with Crippen molar-refractivity contribution in [2.45, 2.75) is 11.7 Å². The summed E-state index contributed by atoms with van der Waals surface area (Å²) in [6.45, 7) is 0.484. The van der Waals surface area contributed by atoms with Crippen LogP contribution in [0.15, 0.2) is 52.5 Å². The summed E-state index contributed by atoms with van der Waals surface area (Å²) in [7, 11) is 0. The number of thioether (sulfide) groups is 1. The predicted octanol–water partition coefficient (Wildman–Crippen LogP) is 3.44. The first kappa shape index (κ1) is 16.5. The number of carbonyl (C=O) groups is 1. The van der Waals surface area contributed by atoms with Gasteiger partial charge in [-0.25, -0.2) is 4.39 Å². The molecule has 0 aliphatic carbocycles. The lowest BCUT2D eigenvalue weighted by Gasteiger charge is -2.06. The minimum atomic E-state index is -0.532. The summed E-state index contributed by atoms with van der Waals surface area (Å²) in [4.78, 5) is 12.0. The lowest BCUT2D eigenvalue weighted by atomic mass is 10.3. The quantitative estimate of drug-likeness (QED) is 0.676. The summed E-state index contributed by atoms with van der Waals surface area (Å²) in [6.07, 6.45) is 3.16. The van der Waals surface area contributed by atoms with Crippen LogP contribution in [0.5, 0.6) is 0 Å². The van der Waals surface area contributed by atoms with Crippen molar-refractivity contribution in [2.24, 2.45) is 0 Å². The normalized spacial score (nSPS) is 10.8. The molecule has 1 aromatic carbocycles. The molecule has 9 heteroatoms. The van der Waals surface area contributed by atoms with E-state index in [-0.39, 0.29) is 16.7 Å². The monoisotopic (exact) mass is 366 g/mol. The molecule has 0 bridgehead atoms. The number of nitrogens with one attached hydrogen (secondary N) is 1. The van der Waals surface area contributed by atoms with Crippen molar-refractivity contribution in [1.29, 1.82) is 0 Å². The van der Waals surface area contributed by atoms with Gasteiger partial charge in [0, 0.05) is 5.69 Å². The third-order valence-corrected chi connectivity index (χ3v) is 4.29. The molecule has 0 atom stereocenters. The Balaban J connectivity index is 1.56. The Morgan fingerprint density at radius 1 is 1.42 bits per heavy atom. The molecule has 3 aromatic rings. The highest BCUT2D eigenvalue weighted by Crippen LogP contribution is 2.20. The zero-order valence-electron chi connectivity index (χ0n) is 12.3. The zero-order chi connectivity index (χ0) is 16.9. The molecule has 3 rings (SSSR count).